The monoisotopic (exact) mass is 454 g/mol. The molecule has 0 bridgehead atoms. The molecule has 160 valence electrons. The summed E-state index contributed by atoms with van der Waals surface area (Å²) in [5, 5.41) is 1.23. The fourth-order valence-electron chi connectivity index (χ4n) is 4.75. The number of benzene rings is 2. The van der Waals surface area contributed by atoms with E-state index < -0.39 is 0 Å². The molecule has 0 saturated carbocycles. The van der Waals surface area contributed by atoms with Crippen molar-refractivity contribution in [3.8, 4) is 5.75 Å². The van der Waals surface area contributed by atoms with Crippen molar-refractivity contribution in [2.75, 3.05) is 20.2 Å². The fraction of sp³-hybridized carbons (Fsp3) is 0.320. The number of piperidine rings is 1. The summed E-state index contributed by atoms with van der Waals surface area (Å²) in [6.45, 7) is 2.82. The first-order valence-electron chi connectivity index (χ1n) is 10.5. The van der Waals surface area contributed by atoms with E-state index in [1.807, 2.05) is 36.5 Å². The molecule has 0 radical (unpaired) electrons. The second kappa shape index (κ2) is 8.44. The first-order chi connectivity index (χ1) is 15.1. The van der Waals surface area contributed by atoms with Gasteiger partial charge in [0.2, 0.25) is 0 Å². The van der Waals surface area contributed by atoms with Gasteiger partial charge in [-0.05, 0) is 60.4 Å². The van der Waals surface area contributed by atoms with Gasteiger partial charge in [-0.2, -0.15) is 0 Å². The van der Waals surface area contributed by atoms with Gasteiger partial charge in [-0.15, -0.1) is 0 Å². The maximum atomic E-state index is 6.76. The molecular weight excluding hydrogens is 431 g/mol. The van der Waals surface area contributed by atoms with Crippen LogP contribution in [0.4, 0.5) is 0 Å². The number of rotatable bonds is 4. The summed E-state index contributed by atoms with van der Waals surface area (Å²) in [4.78, 5) is 7.24. The van der Waals surface area contributed by atoms with E-state index in [0.717, 1.165) is 55.0 Å². The molecule has 3 heterocycles. The van der Waals surface area contributed by atoms with Gasteiger partial charge in [0.05, 0.1) is 12.8 Å². The zero-order valence-electron chi connectivity index (χ0n) is 17.4. The van der Waals surface area contributed by atoms with Gasteiger partial charge in [-0.25, -0.2) is 0 Å². The molecular formula is C25H24Cl2N2O2. The summed E-state index contributed by atoms with van der Waals surface area (Å²) in [5.41, 5.74) is 4.06. The van der Waals surface area contributed by atoms with E-state index in [0.29, 0.717) is 10.0 Å². The van der Waals surface area contributed by atoms with Crippen molar-refractivity contribution in [2.24, 2.45) is 0 Å². The molecule has 2 aromatic carbocycles. The van der Waals surface area contributed by atoms with Crippen molar-refractivity contribution in [1.82, 2.24) is 9.88 Å². The Morgan fingerprint density at radius 2 is 1.77 bits per heavy atom. The molecule has 1 saturated heterocycles. The van der Waals surface area contributed by atoms with Gasteiger partial charge >= 0.3 is 0 Å². The molecule has 0 amide bonds. The number of pyridine rings is 1. The third-order valence-electron chi connectivity index (χ3n) is 6.31. The van der Waals surface area contributed by atoms with Crippen molar-refractivity contribution >= 4 is 23.2 Å². The Balaban J connectivity index is 1.35. The molecule has 0 aliphatic carbocycles. The van der Waals surface area contributed by atoms with Crippen LogP contribution in [0, 0.1) is 0 Å². The van der Waals surface area contributed by atoms with Gasteiger partial charge in [0.25, 0.3) is 0 Å². The third kappa shape index (κ3) is 4.06. The van der Waals surface area contributed by atoms with Crippen LogP contribution in [0.1, 0.15) is 41.3 Å². The topological polar surface area (TPSA) is 34.6 Å². The maximum absolute atomic E-state index is 6.76. The van der Waals surface area contributed by atoms with Crippen LogP contribution in [0.2, 0.25) is 10.0 Å². The highest BCUT2D eigenvalue weighted by Crippen LogP contribution is 2.51. The smallest absolute Gasteiger partial charge is 0.118 e. The second-order valence-corrected chi connectivity index (χ2v) is 9.13. The average Bonchev–Trinajstić information content (AvgIpc) is 3.10. The van der Waals surface area contributed by atoms with E-state index in [1.165, 1.54) is 5.56 Å². The Bertz CT molecular complexity index is 1060. The highest BCUT2D eigenvalue weighted by atomic mass is 35.5. The number of nitrogens with zero attached hydrogens (tertiary/aromatic N) is 2. The van der Waals surface area contributed by atoms with Gasteiger partial charge in [0, 0.05) is 41.4 Å². The summed E-state index contributed by atoms with van der Waals surface area (Å²) >= 11 is 12.6. The van der Waals surface area contributed by atoms with E-state index in [4.69, 9.17) is 37.7 Å². The summed E-state index contributed by atoms with van der Waals surface area (Å²) in [6, 6.07) is 18.0. The Morgan fingerprint density at radius 3 is 2.45 bits per heavy atom. The number of halogens is 2. The van der Waals surface area contributed by atoms with Gasteiger partial charge < -0.3 is 9.47 Å². The maximum Gasteiger partial charge on any atom is 0.118 e. The normalized spacial score (nSPS) is 20.0. The molecule has 4 nitrogen and oxygen atoms in total. The van der Waals surface area contributed by atoms with Crippen molar-refractivity contribution < 1.29 is 9.47 Å². The summed E-state index contributed by atoms with van der Waals surface area (Å²) in [5.74, 6) is 0.885. The first-order valence-corrected chi connectivity index (χ1v) is 11.3. The molecule has 1 atom stereocenters. The Labute approximate surface area is 192 Å². The highest BCUT2D eigenvalue weighted by Gasteiger charge is 2.48. The molecule has 1 aromatic heterocycles. The number of likely N-dealkylation sites (tertiary alicyclic amines) is 1. The molecule has 0 N–H and O–H groups in total. The van der Waals surface area contributed by atoms with Crippen LogP contribution in [0.5, 0.6) is 5.75 Å². The molecule has 6 heteroatoms. The third-order valence-corrected chi connectivity index (χ3v) is 6.75. The minimum absolute atomic E-state index is 0.201. The first kappa shape index (κ1) is 20.8. The van der Waals surface area contributed by atoms with Gasteiger partial charge in [0.15, 0.2) is 0 Å². The van der Waals surface area contributed by atoms with E-state index in [1.54, 1.807) is 13.2 Å². The molecule has 2 aliphatic rings. The molecule has 1 spiro atoms. The van der Waals surface area contributed by atoms with Crippen LogP contribution < -0.4 is 4.74 Å². The van der Waals surface area contributed by atoms with E-state index in [9.17, 15) is 0 Å². The molecule has 1 fully saturated rings. The van der Waals surface area contributed by atoms with Crippen LogP contribution in [0.25, 0.3) is 0 Å². The summed E-state index contributed by atoms with van der Waals surface area (Å²) < 4.78 is 12.0. The predicted molar refractivity (Wildman–Crippen MR) is 123 cm³/mol. The van der Waals surface area contributed by atoms with E-state index >= 15 is 0 Å². The standard InChI is InChI=1S/C25H24Cl2N2O2/c1-30-21-6-4-17(5-7-21)16-29-11-8-25(9-12-29)24-22(3-2-10-28-24)23(31-25)18-13-19(26)15-20(27)14-18/h2-7,10,13-15,23H,8-9,11-12,16H2,1H3. The predicted octanol–water partition coefficient (Wildman–Crippen LogP) is 6.01. The quantitative estimate of drug-likeness (QED) is 0.483. The molecule has 1 unspecified atom stereocenters. The molecule has 2 aliphatic heterocycles. The number of hydrogen-bond donors (Lipinski definition) is 0. The Hall–Kier alpha value is -2.11. The van der Waals surface area contributed by atoms with Crippen molar-refractivity contribution in [2.45, 2.75) is 31.1 Å². The lowest BCUT2D eigenvalue weighted by molar-refractivity contribution is -0.0996. The molecule has 5 rings (SSSR count). The summed E-state index contributed by atoms with van der Waals surface area (Å²) in [7, 11) is 1.69. The largest absolute Gasteiger partial charge is 0.497 e. The highest BCUT2D eigenvalue weighted by molar-refractivity contribution is 6.34. The second-order valence-electron chi connectivity index (χ2n) is 8.26. The zero-order valence-corrected chi connectivity index (χ0v) is 18.9. The zero-order chi connectivity index (χ0) is 21.4. The lowest BCUT2D eigenvalue weighted by atomic mass is 9.86. The minimum Gasteiger partial charge on any atom is -0.497 e. The van der Waals surface area contributed by atoms with Crippen molar-refractivity contribution in [3.05, 3.63) is 93.2 Å². The molecule has 3 aromatic rings. The van der Waals surface area contributed by atoms with Crippen LogP contribution in [0.3, 0.4) is 0 Å². The van der Waals surface area contributed by atoms with E-state index in [-0.39, 0.29) is 11.7 Å². The summed E-state index contributed by atoms with van der Waals surface area (Å²) in [6.07, 6.45) is 3.46. The minimum atomic E-state index is -0.369. The lowest BCUT2D eigenvalue weighted by Gasteiger charge is -2.39. The van der Waals surface area contributed by atoms with Gasteiger partial charge in [0.1, 0.15) is 17.5 Å². The fourth-order valence-corrected chi connectivity index (χ4v) is 5.29. The van der Waals surface area contributed by atoms with Crippen LogP contribution in [0.15, 0.2) is 60.8 Å². The number of fused-ring (bicyclic) bond motifs is 2. The SMILES string of the molecule is COc1ccc(CN2CCC3(CC2)OC(c2cc(Cl)cc(Cl)c2)c2cccnc23)cc1. The number of ether oxygens (including phenoxy) is 2. The van der Waals surface area contributed by atoms with Gasteiger partial charge in [-0.1, -0.05) is 41.4 Å². The van der Waals surface area contributed by atoms with Crippen LogP contribution in [-0.2, 0) is 16.9 Å². The Kier molecular flexibility index (Phi) is 5.65. The number of methoxy groups -OCH3 is 1. The van der Waals surface area contributed by atoms with E-state index in [2.05, 4.69) is 23.1 Å². The van der Waals surface area contributed by atoms with Crippen molar-refractivity contribution in [3.63, 3.8) is 0 Å². The Morgan fingerprint density at radius 1 is 1.06 bits per heavy atom. The van der Waals surface area contributed by atoms with Crippen LogP contribution in [-0.4, -0.2) is 30.1 Å². The van der Waals surface area contributed by atoms with Gasteiger partial charge in [-0.3, -0.25) is 9.88 Å². The number of hydrogen-bond acceptors (Lipinski definition) is 4. The lowest BCUT2D eigenvalue weighted by Crippen LogP contribution is -2.42. The molecule has 31 heavy (non-hydrogen) atoms. The van der Waals surface area contributed by atoms with Crippen LogP contribution >= 0.6 is 23.2 Å². The van der Waals surface area contributed by atoms with Crippen molar-refractivity contribution in [1.29, 1.82) is 0 Å². The average molecular weight is 455 g/mol. The number of aromatic nitrogens is 1.